The molecule has 0 bridgehead atoms. The number of hydrogen-bond donors (Lipinski definition) is 0. The molecule has 9 nitrogen and oxygen atoms in total. The molecule has 2 aromatic rings. The number of nitrogens with zero attached hydrogens (tertiary/aromatic N) is 5. The van der Waals surface area contributed by atoms with Gasteiger partial charge in [-0.1, -0.05) is 6.92 Å². The van der Waals surface area contributed by atoms with Crippen molar-refractivity contribution >= 4 is 29.2 Å². The first-order chi connectivity index (χ1) is 13.0. The summed E-state index contributed by atoms with van der Waals surface area (Å²) in [6, 6.07) is 1.71. The van der Waals surface area contributed by atoms with Gasteiger partial charge in [-0.25, -0.2) is 19.6 Å². The third kappa shape index (κ3) is 2.60. The molecule has 0 radical (unpaired) electrons. The number of piperazine rings is 1. The number of methoxy groups -OCH3 is 1. The van der Waals surface area contributed by atoms with Gasteiger partial charge in [0.15, 0.2) is 5.65 Å². The Balaban J connectivity index is 1.73. The van der Waals surface area contributed by atoms with Crippen molar-refractivity contribution in [3.8, 4) is 0 Å². The highest BCUT2D eigenvalue weighted by Gasteiger charge is 2.50. The van der Waals surface area contributed by atoms with Gasteiger partial charge in [-0.05, 0) is 19.4 Å². The van der Waals surface area contributed by atoms with Crippen LogP contribution in [-0.2, 0) is 16.0 Å². The van der Waals surface area contributed by atoms with Gasteiger partial charge in [0, 0.05) is 32.4 Å². The number of carbonyl (C=O) groups excluding carboxylic acids is 2. The van der Waals surface area contributed by atoms with Crippen LogP contribution < -0.4 is 4.90 Å². The number of aromatic nitrogens is 3. The number of carbonyl (C=O) groups is 2. The molecule has 0 saturated carbocycles. The number of imidazole rings is 1. The van der Waals surface area contributed by atoms with E-state index in [9.17, 15) is 9.59 Å². The van der Waals surface area contributed by atoms with Gasteiger partial charge in [0.1, 0.15) is 12.1 Å². The highest BCUT2D eigenvalue weighted by molar-refractivity contribution is 5.92. The summed E-state index contributed by atoms with van der Waals surface area (Å²) in [5, 5.41) is 0. The van der Waals surface area contributed by atoms with Gasteiger partial charge in [-0.15, -0.1) is 0 Å². The largest absolute Gasteiger partial charge is 0.465 e. The lowest BCUT2D eigenvalue weighted by molar-refractivity contribution is 0.0600. The monoisotopic (exact) mass is 373 g/mol. The van der Waals surface area contributed by atoms with E-state index in [0.29, 0.717) is 43.9 Å². The Labute approximate surface area is 156 Å². The summed E-state index contributed by atoms with van der Waals surface area (Å²) in [4.78, 5) is 37.0. The summed E-state index contributed by atoms with van der Waals surface area (Å²) in [5.74, 6) is 0.367. The van der Waals surface area contributed by atoms with Crippen LogP contribution in [0.3, 0.4) is 0 Å². The molecule has 27 heavy (non-hydrogen) atoms. The zero-order valence-electron chi connectivity index (χ0n) is 15.8. The summed E-state index contributed by atoms with van der Waals surface area (Å²) < 4.78 is 12.1. The molecule has 0 N–H and O–H groups in total. The van der Waals surface area contributed by atoms with Crippen LogP contribution in [0.4, 0.5) is 10.7 Å². The third-order valence-corrected chi connectivity index (χ3v) is 5.58. The predicted octanol–water partition coefficient (Wildman–Crippen LogP) is 1.66. The zero-order chi connectivity index (χ0) is 19.2. The van der Waals surface area contributed by atoms with Crippen molar-refractivity contribution in [3.63, 3.8) is 0 Å². The van der Waals surface area contributed by atoms with E-state index in [1.165, 1.54) is 13.3 Å². The first-order valence-corrected chi connectivity index (χ1v) is 9.17. The maximum Gasteiger partial charge on any atom is 0.410 e. The standard InChI is InChI=1S/C18H23N5O4/c1-4-18-10-21(6-7-23(18)17(25)27-11-18)16-20-13-8-12(15(24)26-3)9-19-14(13)22(16)5-2/h8-9H,4-7,10-11H2,1-3H3. The van der Waals surface area contributed by atoms with Crippen molar-refractivity contribution in [2.24, 2.45) is 0 Å². The molecule has 0 aliphatic carbocycles. The average Bonchev–Trinajstić information content (AvgIpc) is 3.24. The zero-order valence-corrected chi connectivity index (χ0v) is 15.8. The number of ether oxygens (including phenoxy) is 2. The Morgan fingerprint density at radius 3 is 2.89 bits per heavy atom. The van der Waals surface area contributed by atoms with Gasteiger partial charge >= 0.3 is 12.1 Å². The predicted molar refractivity (Wildman–Crippen MR) is 97.8 cm³/mol. The molecule has 1 unspecified atom stereocenters. The lowest BCUT2D eigenvalue weighted by Gasteiger charge is -2.44. The van der Waals surface area contributed by atoms with Gasteiger partial charge in [-0.3, -0.25) is 9.47 Å². The Bertz CT molecular complexity index is 911. The van der Waals surface area contributed by atoms with E-state index in [4.69, 9.17) is 14.5 Å². The molecule has 9 heteroatoms. The molecule has 2 aliphatic rings. The normalized spacial score (nSPS) is 22.1. The quantitative estimate of drug-likeness (QED) is 0.753. The van der Waals surface area contributed by atoms with Gasteiger partial charge in [0.25, 0.3) is 0 Å². The summed E-state index contributed by atoms with van der Waals surface area (Å²) in [6.07, 6.45) is 2.09. The van der Waals surface area contributed by atoms with Gasteiger partial charge in [0.2, 0.25) is 5.95 Å². The smallest absolute Gasteiger partial charge is 0.410 e. The molecule has 1 amide bonds. The molecule has 2 fully saturated rings. The van der Waals surface area contributed by atoms with Gasteiger partial charge in [-0.2, -0.15) is 0 Å². The van der Waals surface area contributed by atoms with Crippen molar-refractivity contribution in [2.75, 3.05) is 38.3 Å². The minimum Gasteiger partial charge on any atom is -0.465 e. The van der Waals surface area contributed by atoms with Crippen molar-refractivity contribution in [1.29, 1.82) is 0 Å². The number of hydrogen-bond acceptors (Lipinski definition) is 7. The van der Waals surface area contributed by atoms with Crippen LogP contribution in [0.5, 0.6) is 0 Å². The molecule has 4 heterocycles. The number of amides is 1. The minimum atomic E-state index is -0.433. The van der Waals surface area contributed by atoms with Crippen molar-refractivity contribution in [3.05, 3.63) is 17.8 Å². The van der Waals surface area contributed by atoms with Gasteiger partial charge < -0.3 is 14.4 Å². The highest BCUT2D eigenvalue weighted by Crippen LogP contribution is 2.34. The summed E-state index contributed by atoms with van der Waals surface area (Å²) in [7, 11) is 1.34. The fourth-order valence-electron chi connectivity index (χ4n) is 4.00. The van der Waals surface area contributed by atoms with Gasteiger partial charge in [0.05, 0.1) is 18.2 Å². The number of fused-ring (bicyclic) bond motifs is 2. The fourth-order valence-corrected chi connectivity index (χ4v) is 4.00. The summed E-state index contributed by atoms with van der Waals surface area (Å²) in [5.41, 5.74) is 1.44. The number of pyridine rings is 1. The van der Waals surface area contributed by atoms with Crippen LogP contribution >= 0.6 is 0 Å². The van der Waals surface area contributed by atoms with Crippen molar-refractivity contribution in [1.82, 2.24) is 19.4 Å². The molecular weight excluding hydrogens is 350 g/mol. The van der Waals surface area contributed by atoms with E-state index < -0.39 is 5.97 Å². The maximum atomic E-state index is 12.0. The molecule has 0 aromatic carbocycles. The van der Waals surface area contributed by atoms with E-state index in [1.54, 1.807) is 6.07 Å². The van der Waals surface area contributed by atoms with Crippen molar-refractivity contribution < 1.29 is 19.1 Å². The van der Waals surface area contributed by atoms with Crippen LogP contribution in [0.15, 0.2) is 12.3 Å². The SMILES string of the molecule is CCn1c(N2CCN3C(=O)OCC3(CC)C2)nc2cc(C(=O)OC)cnc21. The number of rotatable bonds is 4. The molecule has 1 atom stereocenters. The average molecular weight is 373 g/mol. The number of esters is 1. The second kappa shape index (κ2) is 6.40. The maximum absolute atomic E-state index is 12.0. The first-order valence-electron chi connectivity index (χ1n) is 9.17. The second-order valence-electron chi connectivity index (χ2n) is 6.92. The Morgan fingerprint density at radius 1 is 1.37 bits per heavy atom. The van der Waals surface area contributed by atoms with Crippen LogP contribution in [0, 0.1) is 0 Å². The first kappa shape index (κ1) is 17.6. The van der Waals surface area contributed by atoms with E-state index in [-0.39, 0.29) is 11.6 Å². The summed E-state index contributed by atoms with van der Waals surface area (Å²) in [6.45, 7) is 7.13. The van der Waals surface area contributed by atoms with Crippen LogP contribution in [0.2, 0.25) is 0 Å². The highest BCUT2D eigenvalue weighted by atomic mass is 16.6. The van der Waals surface area contributed by atoms with Crippen LogP contribution in [0.1, 0.15) is 30.6 Å². The molecule has 0 spiro atoms. The fraction of sp³-hybridized carbons (Fsp3) is 0.556. The summed E-state index contributed by atoms with van der Waals surface area (Å²) >= 11 is 0. The second-order valence-corrected chi connectivity index (χ2v) is 6.92. The molecular formula is C18H23N5O4. The van der Waals surface area contributed by atoms with E-state index in [2.05, 4.69) is 16.8 Å². The molecule has 2 aliphatic heterocycles. The Morgan fingerprint density at radius 2 is 2.19 bits per heavy atom. The molecule has 2 aromatic heterocycles. The van der Waals surface area contributed by atoms with Crippen LogP contribution in [-0.4, -0.2) is 70.4 Å². The number of aryl methyl sites for hydroxylation is 1. The topological polar surface area (TPSA) is 89.8 Å². The molecule has 2 saturated heterocycles. The Hall–Kier alpha value is -2.84. The van der Waals surface area contributed by atoms with Crippen LogP contribution in [0.25, 0.3) is 11.2 Å². The number of anilines is 1. The lowest BCUT2D eigenvalue weighted by atomic mass is 9.93. The van der Waals surface area contributed by atoms with E-state index >= 15 is 0 Å². The molecule has 4 rings (SSSR count). The lowest BCUT2D eigenvalue weighted by Crippen LogP contribution is -2.61. The third-order valence-electron chi connectivity index (χ3n) is 5.58. The van der Waals surface area contributed by atoms with E-state index in [0.717, 1.165) is 18.0 Å². The van der Waals surface area contributed by atoms with Crippen molar-refractivity contribution in [2.45, 2.75) is 32.4 Å². The van der Waals surface area contributed by atoms with E-state index in [1.807, 2.05) is 16.4 Å². The minimum absolute atomic E-state index is 0.232. The Kier molecular flexibility index (Phi) is 4.16. The molecule has 144 valence electrons. The number of cyclic esters (lactones) is 1.